The van der Waals surface area contributed by atoms with E-state index in [-0.39, 0.29) is 23.2 Å². The molecule has 0 spiro atoms. The molecule has 7 nitrogen and oxygen atoms in total. The number of carbonyl (C=O) groups excluding carboxylic acids is 2. The molecule has 0 bridgehead atoms. The summed E-state index contributed by atoms with van der Waals surface area (Å²) in [6.07, 6.45) is -1.34. The minimum absolute atomic E-state index is 0.184. The lowest BCUT2D eigenvalue weighted by Gasteiger charge is -2.20. The van der Waals surface area contributed by atoms with E-state index in [0.717, 1.165) is 41.0 Å². The molecule has 0 saturated heterocycles. The monoisotopic (exact) mass is 459 g/mol. The van der Waals surface area contributed by atoms with Crippen molar-refractivity contribution in [3.05, 3.63) is 44.8 Å². The van der Waals surface area contributed by atoms with Crippen molar-refractivity contribution < 1.29 is 27.5 Å². The average Bonchev–Trinajstić information content (AvgIpc) is 3.07. The Kier molecular flexibility index (Phi) is 8.37. The zero-order chi connectivity index (χ0) is 23.2. The lowest BCUT2D eigenvalue weighted by molar-refractivity contribution is -0.139. The molecule has 1 amide bonds. The molecule has 0 aliphatic heterocycles. The summed E-state index contributed by atoms with van der Waals surface area (Å²) in [7, 11) is 0. The van der Waals surface area contributed by atoms with Crippen LogP contribution in [-0.2, 0) is 22.3 Å². The Balaban J connectivity index is 2.35. The number of pyridine rings is 1. The Labute approximate surface area is 181 Å². The predicted octanol–water partition coefficient (Wildman–Crippen LogP) is 4.03. The third-order valence-corrected chi connectivity index (χ3v) is 5.55. The molecule has 31 heavy (non-hydrogen) atoms. The Hall–Kier alpha value is -2.69. The highest BCUT2D eigenvalue weighted by molar-refractivity contribution is 7.17. The molecule has 0 atom stereocenters. The fourth-order valence-electron chi connectivity index (χ4n) is 2.84. The van der Waals surface area contributed by atoms with Gasteiger partial charge in [-0.2, -0.15) is 13.2 Å². The molecule has 0 saturated carbocycles. The quantitative estimate of drug-likeness (QED) is 0.418. The van der Waals surface area contributed by atoms with Gasteiger partial charge in [-0.05, 0) is 32.4 Å². The summed E-state index contributed by atoms with van der Waals surface area (Å²) < 4.78 is 44.8. The van der Waals surface area contributed by atoms with Crippen LogP contribution in [0.1, 0.15) is 54.0 Å². The van der Waals surface area contributed by atoms with Gasteiger partial charge in [0.25, 0.3) is 5.56 Å². The van der Waals surface area contributed by atoms with Crippen LogP contribution in [0, 0.1) is 6.92 Å². The molecule has 2 rings (SSSR count). The maximum atomic E-state index is 13.0. The molecular formula is C20H24F3N3O4S. The van der Waals surface area contributed by atoms with Crippen molar-refractivity contribution in [1.82, 2.24) is 9.55 Å². The van der Waals surface area contributed by atoms with Gasteiger partial charge in [0, 0.05) is 12.7 Å². The van der Waals surface area contributed by atoms with Crippen LogP contribution in [-0.4, -0.2) is 34.6 Å². The van der Waals surface area contributed by atoms with Gasteiger partial charge in [-0.1, -0.05) is 31.1 Å². The molecule has 2 heterocycles. The number of hydrogen-bond acceptors (Lipinski definition) is 6. The highest BCUT2D eigenvalue weighted by Gasteiger charge is 2.34. The number of aryl methyl sites for hydroxylation is 1. The van der Waals surface area contributed by atoms with E-state index in [0.29, 0.717) is 18.2 Å². The zero-order valence-electron chi connectivity index (χ0n) is 17.5. The average molecular weight is 459 g/mol. The molecule has 2 aromatic rings. The van der Waals surface area contributed by atoms with Gasteiger partial charge in [-0.3, -0.25) is 14.5 Å². The molecular weight excluding hydrogens is 435 g/mol. The largest absolute Gasteiger partial charge is 0.462 e. The van der Waals surface area contributed by atoms with Crippen molar-refractivity contribution in [2.45, 2.75) is 52.8 Å². The maximum Gasteiger partial charge on any atom is 0.421 e. The van der Waals surface area contributed by atoms with Crippen LogP contribution in [0.3, 0.4) is 0 Å². The molecule has 0 fully saturated rings. The lowest BCUT2D eigenvalue weighted by Crippen LogP contribution is -2.38. The number of esters is 1. The molecule has 11 heteroatoms. The number of aromatic nitrogens is 2. The van der Waals surface area contributed by atoms with Crippen molar-refractivity contribution in [3.63, 3.8) is 0 Å². The standard InChI is InChI=1S/C20H24F3N3O4S/c1-4-6-7-11-26(19-24-13(3)16(31-19)18(29)30-5-2)15(27)12-25-10-8-9-14(17(25)28)20(21,22)23/h8-10H,4-7,11-12H2,1-3H3. The molecule has 0 radical (unpaired) electrons. The Morgan fingerprint density at radius 3 is 2.58 bits per heavy atom. The second-order valence-electron chi connectivity index (χ2n) is 6.74. The third kappa shape index (κ3) is 6.16. The minimum Gasteiger partial charge on any atom is -0.462 e. The van der Waals surface area contributed by atoms with Gasteiger partial charge >= 0.3 is 12.1 Å². The van der Waals surface area contributed by atoms with Crippen molar-refractivity contribution in [2.75, 3.05) is 18.1 Å². The molecule has 0 unspecified atom stereocenters. The number of hydrogen-bond donors (Lipinski definition) is 0. The van der Waals surface area contributed by atoms with Crippen LogP contribution in [0.4, 0.5) is 18.3 Å². The number of ether oxygens (including phenoxy) is 1. The first-order valence-corrected chi connectivity index (χ1v) is 10.6. The number of nitrogens with zero attached hydrogens (tertiary/aromatic N) is 3. The molecule has 0 aromatic carbocycles. The fraction of sp³-hybridized carbons (Fsp3) is 0.500. The summed E-state index contributed by atoms with van der Waals surface area (Å²) in [5, 5.41) is 0.238. The number of amides is 1. The first kappa shape index (κ1) is 24.6. The van der Waals surface area contributed by atoms with Crippen LogP contribution in [0.5, 0.6) is 0 Å². The summed E-state index contributed by atoms with van der Waals surface area (Å²) in [5.41, 5.74) is -2.24. The number of anilines is 1. The van der Waals surface area contributed by atoms with Crippen molar-refractivity contribution in [1.29, 1.82) is 0 Å². The van der Waals surface area contributed by atoms with E-state index in [2.05, 4.69) is 4.98 Å². The first-order chi connectivity index (χ1) is 14.6. The number of carbonyl (C=O) groups is 2. The summed E-state index contributed by atoms with van der Waals surface area (Å²) in [6.45, 7) is 5.13. The van der Waals surface area contributed by atoms with Crippen LogP contribution in [0.2, 0.25) is 0 Å². The highest BCUT2D eigenvalue weighted by Crippen LogP contribution is 2.28. The van der Waals surface area contributed by atoms with E-state index in [1.54, 1.807) is 13.8 Å². The van der Waals surface area contributed by atoms with Crippen LogP contribution in [0.25, 0.3) is 0 Å². The number of rotatable bonds is 9. The Morgan fingerprint density at radius 1 is 1.26 bits per heavy atom. The summed E-state index contributed by atoms with van der Waals surface area (Å²) in [4.78, 5) is 43.1. The van der Waals surface area contributed by atoms with Gasteiger partial charge in [0.2, 0.25) is 5.91 Å². The molecule has 0 N–H and O–H groups in total. The number of alkyl halides is 3. The van der Waals surface area contributed by atoms with Gasteiger partial charge in [0.15, 0.2) is 5.13 Å². The van der Waals surface area contributed by atoms with Crippen LogP contribution in [0.15, 0.2) is 23.1 Å². The smallest absolute Gasteiger partial charge is 0.421 e. The van der Waals surface area contributed by atoms with Gasteiger partial charge in [-0.15, -0.1) is 0 Å². The second kappa shape index (κ2) is 10.6. The minimum atomic E-state index is -4.81. The fourth-order valence-corrected chi connectivity index (χ4v) is 3.84. The second-order valence-corrected chi connectivity index (χ2v) is 7.71. The summed E-state index contributed by atoms with van der Waals surface area (Å²) >= 11 is 0.976. The predicted molar refractivity (Wildman–Crippen MR) is 110 cm³/mol. The Morgan fingerprint density at radius 2 is 1.97 bits per heavy atom. The third-order valence-electron chi connectivity index (χ3n) is 4.39. The molecule has 2 aromatic heterocycles. The molecule has 0 aliphatic carbocycles. The van der Waals surface area contributed by atoms with Crippen LogP contribution < -0.4 is 10.5 Å². The van der Waals surface area contributed by atoms with Crippen molar-refractivity contribution >= 4 is 28.3 Å². The summed E-state index contributed by atoms with van der Waals surface area (Å²) in [6, 6.07) is 1.75. The van der Waals surface area contributed by atoms with E-state index in [4.69, 9.17) is 4.74 Å². The number of halogens is 3. The van der Waals surface area contributed by atoms with Gasteiger partial charge in [0.1, 0.15) is 17.0 Å². The van der Waals surface area contributed by atoms with Crippen molar-refractivity contribution in [2.24, 2.45) is 0 Å². The molecule has 170 valence electrons. The van der Waals surface area contributed by atoms with E-state index in [1.807, 2.05) is 6.92 Å². The highest BCUT2D eigenvalue weighted by atomic mass is 32.1. The summed E-state index contributed by atoms with van der Waals surface area (Å²) in [5.74, 6) is -1.15. The van der Waals surface area contributed by atoms with Crippen molar-refractivity contribution in [3.8, 4) is 0 Å². The van der Waals surface area contributed by atoms with Gasteiger partial charge in [-0.25, -0.2) is 9.78 Å². The van der Waals surface area contributed by atoms with E-state index in [1.165, 1.54) is 4.90 Å². The Bertz CT molecular complexity index is 985. The number of thiazole rings is 1. The zero-order valence-corrected chi connectivity index (χ0v) is 18.3. The van der Waals surface area contributed by atoms with E-state index in [9.17, 15) is 27.6 Å². The maximum absolute atomic E-state index is 13.0. The van der Waals surface area contributed by atoms with Gasteiger partial charge in [0.05, 0.1) is 12.3 Å². The van der Waals surface area contributed by atoms with E-state index < -0.39 is 35.7 Å². The van der Waals surface area contributed by atoms with E-state index >= 15 is 0 Å². The van der Waals surface area contributed by atoms with Gasteiger partial charge < -0.3 is 9.30 Å². The van der Waals surface area contributed by atoms with Crippen LogP contribution >= 0.6 is 11.3 Å². The SMILES string of the molecule is CCCCCN(C(=O)Cn1cccc(C(F)(F)F)c1=O)c1nc(C)c(C(=O)OCC)s1. The topological polar surface area (TPSA) is 81.5 Å². The first-order valence-electron chi connectivity index (χ1n) is 9.81. The lowest BCUT2D eigenvalue weighted by atomic mass is 10.2. The normalized spacial score (nSPS) is 11.4. The number of unbranched alkanes of at least 4 members (excludes halogenated alkanes) is 2. The molecule has 0 aliphatic rings.